The van der Waals surface area contributed by atoms with Crippen molar-refractivity contribution >= 4 is 17.2 Å². The minimum atomic E-state index is 0.377. The summed E-state index contributed by atoms with van der Waals surface area (Å²) >= 11 is 1.84. The van der Waals surface area contributed by atoms with E-state index in [4.69, 9.17) is 0 Å². The van der Waals surface area contributed by atoms with Crippen LogP contribution in [0.1, 0.15) is 56.2 Å². The van der Waals surface area contributed by atoms with Crippen LogP contribution in [-0.2, 0) is 11.2 Å². The number of piperidine rings is 1. The molecule has 0 aromatic carbocycles. The van der Waals surface area contributed by atoms with E-state index < -0.39 is 0 Å². The highest BCUT2D eigenvalue weighted by Gasteiger charge is 2.25. The van der Waals surface area contributed by atoms with Crippen LogP contribution in [0.4, 0.5) is 0 Å². The van der Waals surface area contributed by atoms with E-state index >= 15 is 0 Å². The molecule has 2 heterocycles. The van der Waals surface area contributed by atoms with Gasteiger partial charge in [-0.1, -0.05) is 12.5 Å². The van der Waals surface area contributed by atoms with Gasteiger partial charge in [0.25, 0.3) is 0 Å². The number of aryl methyl sites for hydroxylation is 1. The van der Waals surface area contributed by atoms with Crippen molar-refractivity contribution < 1.29 is 4.79 Å². The van der Waals surface area contributed by atoms with Gasteiger partial charge in [-0.05, 0) is 68.9 Å². The molecule has 0 atom stereocenters. The topological polar surface area (TPSA) is 32.3 Å². The third-order valence-electron chi connectivity index (χ3n) is 5.13. The summed E-state index contributed by atoms with van der Waals surface area (Å²) in [6, 6.07) is 4.97. The number of carbonyl (C=O) groups is 1. The molecule has 0 bridgehead atoms. The van der Waals surface area contributed by atoms with Gasteiger partial charge in [-0.3, -0.25) is 4.79 Å². The van der Waals surface area contributed by atoms with Crippen molar-refractivity contribution in [2.75, 3.05) is 19.6 Å². The lowest BCUT2D eigenvalue weighted by Gasteiger charge is -2.32. The Morgan fingerprint density at radius 1 is 1.17 bits per heavy atom. The maximum atomic E-state index is 12.3. The average Bonchev–Trinajstić information content (AvgIpc) is 3.27. The summed E-state index contributed by atoms with van der Waals surface area (Å²) < 4.78 is 0. The van der Waals surface area contributed by atoms with Crippen molar-refractivity contribution in [3.8, 4) is 0 Å². The van der Waals surface area contributed by atoms with Crippen LogP contribution < -0.4 is 5.32 Å². The molecule has 2 fully saturated rings. The van der Waals surface area contributed by atoms with Crippen molar-refractivity contribution in [3.63, 3.8) is 0 Å². The van der Waals surface area contributed by atoms with Crippen LogP contribution in [0.5, 0.6) is 0 Å². The number of likely N-dealkylation sites (tertiary alicyclic amines) is 1. The van der Waals surface area contributed by atoms with Crippen molar-refractivity contribution in [1.29, 1.82) is 0 Å². The van der Waals surface area contributed by atoms with E-state index in [1.54, 1.807) is 0 Å². The number of hydrogen-bond acceptors (Lipinski definition) is 3. The van der Waals surface area contributed by atoms with Crippen LogP contribution in [0.3, 0.4) is 0 Å². The minimum absolute atomic E-state index is 0.377. The second kappa shape index (κ2) is 8.84. The minimum Gasteiger partial charge on any atom is -0.343 e. The monoisotopic (exact) mass is 334 g/mol. The molecule has 2 aliphatic rings. The summed E-state index contributed by atoms with van der Waals surface area (Å²) in [6.07, 6.45) is 10.4. The van der Waals surface area contributed by atoms with Gasteiger partial charge in [0, 0.05) is 30.4 Å². The van der Waals surface area contributed by atoms with Gasteiger partial charge in [0.1, 0.15) is 0 Å². The largest absolute Gasteiger partial charge is 0.343 e. The number of rotatable bonds is 9. The van der Waals surface area contributed by atoms with Crippen molar-refractivity contribution in [2.24, 2.45) is 5.92 Å². The Hall–Kier alpha value is -0.870. The lowest BCUT2D eigenvalue weighted by molar-refractivity contribution is -0.132. The van der Waals surface area contributed by atoms with Crippen LogP contribution in [0.15, 0.2) is 17.5 Å². The Balaban J connectivity index is 1.22. The fraction of sp³-hybridized carbons (Fsp3) is 0.737. The third kappa shape index (κ3) is 5.92. The second-order valence-corrected chi connectivity index (χ2v) is 8.18. The Labute approximate surface area is 144 Å². The number of amides is 1. The Morgan fingerprint density at radius 3 is 2.70 bits per heavy atom. The SMILES string of the molecule is O=C(CCCCCc1cccs1)N1CCC(NCC2CC2)CC1. The molecule has 1 aliphatic heterocycles. The van der Waals surface area contributed by atoms with E-state index in [1.165, 1.54) is 43.5 Å². The first kappa shape index (κ1) is 17.0. The van der Waals surface area contributed by atoms with Gasteiger partial charge < -0.3 is 10.2 Å². The number of unbranched alkanes of at least 4 members (excludes halogenated alkanes) is 2. The molecule has 1 aromatic heterocycles. The van der Waals surface area contributed by atoms with Gasteiger partial charge in [0.15, 0.2) is 0 Å². The first-order chi connectivity index (χ1) is 11.3. The van der Waals surface area contributed by atoms with E-state index in [1.807, 2.05) is 11.3 Å². The predicted octanol–water partition coefficient (Wildman–Crippen LogP) is 3.84. The zero-order chi connectivity index (χ0) is 15.9. The number of nitrogens with zero attached hydrogens (tertiary/aromatic N) is 1. The number of thiophene rings is 1. The molecule has 0 spiro atoms. The van der Waals surface area contributed by atoms with Gasteiger partial charge in [-0.2, -0.15) is 0 Å². The molecule has 1 N–H and O–H groups in total. The van der Waals surface area contributed by atoms with Crippen LogP contribution in [0.2, 0.25) is 0 Å². The molecule has 1 saturated carbocycles. The molecule has 0 radical (unpaired) electrons. The summed E-state index contributed by atoms with van der Waals surface area (Å²) in [6.45, 7) is 3.11. The number of nitrogens with one attached hydrogen (secondary N) is 1. The molecule has 4 heteroatoms. The van der Waals surface area contributed by atoms with Gasteiger partial charge in [-0.15, -0.1) is 11.3 Å². The van der Waals surface area contributed by atoms with Crippen LogP contribution >= 0.6 is 11.3 Å². The van der Waals surface area contributed by atoms with E-state index in [0.717, 1.165) is 44.7 Å². The lowest BCUT2D eigenvalue weighted by Crippen LogP contribution is -2.45. The van der Waals surface area contributed by atoms with Crippen molar-refractivity contribution in [3.05, 3.63) is 22.4 Å². The third-order valence-corrected chi connectivity index (χ3v) is 6.07. The Morgan fingerprint density at radius 2 is 2.00 bits per heavy atom. The molecule has 1 aliphatic carbocycles. The van der Waals surface area contributed by atoms with Gasteiger partial charge >= 0.3 is 0 Å². The van der Waals surface area contributed by atoms with E-state index in [9.17, 15) is 4.79 Å². The van der Waals surface area contributed by atoms with Crippen LogP contribution in [0.25, 0.3) is 0 Å². The van der Waals surface area contributed by atoms with Crippen LogP contribution in [-0.4, -0.2) is 36.5 Å². The molecule has 23 heavy (non-hydrogen) atoms. The number of hydrogen-bond donors (Lipinski definition) is 1. The maximum absolute atomic E-state index is 12.3. The van der Waals surface area contributed by atoms with E-state index in [2.05, 4.69) is 27.7 Å². The highest BCUT2D eigenvalue weighted by Crippen LogP contribution is 2.28. The fourth-order valence-electron chi connectivity index (χ4n) is 3.35. The van der Waals surface area contributed by atoms with E-state index in [-0.39, 0.29) is 0 Å². The maximum Gasteiger partial charge on any atom is 0.222 e. The lowest BCUT2D eigenvalue weighted by atomic mass is 10.0. The summed E-state index contributed by atoms with van der Waals surface area (Å²) in [5, 5.41) is 5.82. The van der Waals surface area contributed by atoms with Gasteiger partial charge in [-0.25, -0.2) is 0 Å². The normalized spacial score (nSPS) is 19.2. The van der Waals surface area contributed by atoms with Gasteiger partial charge in [0.2, 0.25) is 5.91 Å². The molecule has 1 saturated heterocycles. The van der Waals surface area contributed by atoms with Crippen LogP contribution in [0, 0.1) is 5.92 Å². The smallest absolute Gasteiger partial charge is 0.222 e. The highest BCUT2D eigenvalue weighted by molar-refractivity contribution is 7.09. The number of carbonyl (C=O) groups excluding carboxylic acids is 1. The summed E-state index contributed by atoms with van der Waals surface area (Å²) in [7, 11) is 0. The molecular weight excluding hydrogens is 304 g/mol. The average molecular weight is 335 g/mol. The molecular formula is C19H30N2OS. The zero-order valence-corrected chi connectivity index (χ0v) is 15.0. The Kier molecular flexibility index (Phi) is 6.52. The molecule has 3 rings (SSSR count). The molecule has 1 amide bonds. The zero-order valence-electron chi connectivity index (χ0n) is 14.1. The van der Waals surface area contributed by atoms with E-state index in [0.29, 0.717) is 11.9 Å². The molecule has 128 valence electrons. The van der Waals surface area contributed by atoms with Crippen molar-refractivity contribution in [1.82, 2.24) is 10.2 Å². The first-order valence-corrected chi connectivity index (χ1v) is 10.2. The summed E-state index contributed by atoms with van der Waals surface area (Å²) in [5.74, 6) is 1.32. The van der Waals surface area contributed by atoms with Crippen molar-refractivity contribution in [2.45, 2.75) is 63.8 Å². The fourth-order valence-corrected chi connectivity index (χ4v) is 4.10. The predicted molar refractivity (Wildman–Crippen MR) is 96.8 cm³/mol. The first-order valence-electron chi connectivity index (χ1n) is 9.35. The molecule has 0 unspecified atom stereocenters. The quantitative estimate of drug-likeness (QED) is 0.696. The standard InChI is InChI=1S/C19H30N2OS/c22-19(7-3-1-2-5-18-6-4-14-23-18)21-12-10-17(11-13-21)20-15-16-8-9-16/h4,6,14,16-17,20H,1-3,5,7-13,15H2. The summed E-state index contributed by atoms with van der Waals surface area (Å²) in [5.41, 5.74) is 0. The Bertz CT molecular complexity index is 462. The molecule has 1 aromatic rings. The highest BCUT2D eigenvalue weighted by atomic mass is 32.1. The second-order valence-electron chi connectivity index (χ2n) is 7.15. The summed E-state index contributed by atoms with van der Waals surface area (Å²) in [4.78, 5) is 15.8. The van der Waals surface area contributed by atoms with Gasteiger partial charge in [0.05, 0.1) is 0 Å². The molecule has 3 nitrogen and oxygen atoms in total.